The minimum atomic E-state index is -0.515. The fourth-order valence-corrected chi connectivity index (χ4v) is 4.16. The highest BCUT2D eigenvalue weighted by Gasteiger charge is 2.19. The van der Waals surface area contributed by atoms with Crippen molar-refractivity contribution in [3.05, 3.63) is 57.9 Å². The summed E-state index contributed by atoms with van der Waals surface area (Å²) in [6.45, 7) is 0. The molecule has 0 atom stereocenters. The molecule has 0 bridgehead atoms. The first-order valence-electron chi connectivity index (χ1n) is 8.00. The number of carbonyl (C=O) groups is 2. The zero-order valence-corrected chi connectivity index (χ0v) is 17.3. The van der Waals surface area contributed by atoms with Crippen molar-refractivity contribution in [2.75, 3.05) is 19.5 Å². The number of fused-ring (bicyclic) bond motifs is 1. The molecule has 28 heavy (non-hydrogen) atoms. The highest BCUT2D eigenvalue weighted by atomic mass is 35.5. The Balaban J connectivity index is 1.78. The molecule has 1 heterocycles. The lowest BCUT2D eigenvalue weighted by Gasteiger charge is -2.12. The number of halogens is 1. The van der Waals surface area contributed by atoms with Crippen molar-refractivity contribution in [3.8, 4) is 5.75 Å². The summed E-state index contributed by atoms with van der Waals surface area (Å²) in [4.78, 5) is 24.8. The van der Waals surface area contributed by atoms with Crippen LogP contribution in [0.2, 0.25) is 5.02 Å². The van der Waals surface area contributed by atoms with Gasteiger partial charge in [-0.15, -0.1) is 11.3 Å². The lowest BCUT2D eigenvalue weighted by atomic mass is 10.2. The van der Waals surface area contributed by atoms with Crippen LogP contribution in [0.5, 0.6) is 5.75 Å². The molecule has 0 radical (unpaired) electrons. The van der Waals surface area contributed by atoms with Crippen LogP contribution in [-0.4, -0.2) is 31.2 Å². The number of para-hydroxylation sites is 1. The Morgan fingerprint density at radius 1 is 1.14 bits per heavy atom. The molecule has 144 valence electrons. The fourth-order valence-electron chi connectivity index (χ4n) is 2.51. The molecule has 1 amide bonds. The van der Waals surface area contributed by atoms with E-state index in [4.69, 9.17) is 33.3 Å². The molecule has 6 nitrogen and oxygen atoms in total. The van der Waals surface area contributed by atoms with E-state index < -0.39 is 11.9 Å². The molecule has 0 saturated carbocycles. The number of carbonyl (C=O) groups excluding carboxylic acids is 2. The molecule has 3 rings (SSSR count). The number of amides is 1. The van der Waals surface area contributed by atoms with E-state index in [9.17, 15) is 9.59 Å². The Labute approximate surface area is 175 Å². The minimum absolute atomic E-state index is 0.0347. The van der Waals surface area contributed by atoms with E-state index in [1.54, 1.807) is 43.5 Å². The second kappa shape index (κ2) is 8.55. The summed E-state index contributed by atoms with van der Waals surface area (Å²) in [7, 11) is 2.86. The van der Waals surface area contributed by atoms with Gasteiger partial charge in [0.05, 0.1) is 30.5 Å². The van der Waals surface area contributed by atoms with E-state index in [1.165, 1.54) is 18.4 Å². The van der Waals surface area contributed by atoms with Crippen molar-refractivity contribution in [1.82, 2.24) is 5.32 Å². The van der Waals surface area contributed by atoms with Crippen molar-refractivity contribution in [2.24, 2.45) is 0 Å². The normalized spacial score (nSPS) is 10.4. The number of methoxy groups -OCH3 is 2. The number of thiocarbonyl (C=S) groups is 1. The maximum Gasteiger partial charge on any atom is 0.339 e. The monoisotopic (exact) mass is 434 g/mol. The number of benzene rings is 2. The Bertz CT molecular complexity index is 1080. The molecule has 0 aliphatic heterocycles. The second-order valence-electron chi connectivity index (χ2n) is 5.55. The predicted molar refractivity (Wildman–Crippen MR) is 115 cm³/mol. The van der Waals surface area contributed by atoms with E-state index in [0.717, 1.165) is 10.1 Å². The van der Waals surface area contributed by atoms with Crippen molar-refractivity contribution >= 4 is 67.9 Å². The number of thiophene rings is 1. The molecule has 0 aliphatic carbocycles. The molecule has 0 spiro atoms. The van der Waals surface area contributed by atoms with Crippen LogP contribution in [-0.2, 0) is 4.74 Å². The van der Waals surface area contributed by atoms with Gasteiger partial charge < -0.3 is 14.8 Å². The lowest BCUT2D eigenvalue weighted by molar-refractivity contribution is 0.0602. The summed E-state index contributed by atoms with van der Waals surface area (Å²) < 4.78 is 10.8. The van der Waals surface area contributed by atoms with E-state index in [-0.39, 0.29) is 5.11 Å². The molecular formula is C19H15ClN2O4S2. The van der Waals surface area contributed by atoms with Crippen LogP contribution in [0.15, 0.2) is 42.5 Å². The third kappa shape index (κ3) is 4.09. The number of esters is 1. The first-order chi connectivity index (χ1) is 13.4. The Morgan fingerprint density at radius 2 is 1.89 bits per heavy atom. The third-order valence-corrected chi connectivity index (χ3v) is 5.71. The van der Waals surface area contributed by atoms with Gasteiger partial charge in [0.25, 0.3) is 5.91 Å². The Hall–Kier alpha value is -2.68. The Kier molecular flexibility index (Phi) is 6.13. The molecule has 9 heteroatoms. The summed E-state index contributed by atoms with van der Waals surface area (Å²) in [5.74, 6) is -0.286. The summed E-state index contributed by atoms with van der Waals surface area (Å²) in [6, 6.07) is 12.1. The molecule has 1 aromatic heterocycles. The van der Waals surface area contributed by atoms with Crippen LogP contribution >= 0.6 is 35.2 Å². The van der Waals surface area contributed by atoms with Crippen molar-refractivity contribution in [2.45, 2.75) is 0 Å². The van der Waals surface area contributed by atoms with Crippen molar-refractivity contribution in [1.29, 1.82) is 0 Å². The molecule has 0 fully saturated rings. The van der Waals surface area contributed by atoms with Crippen LogP contribution in [0, 0.1) is 0 Å². The number of anilines is 1. The van der Waals surface area contributed by atoms with E-state index in [1.807, 2.05) is 6.07 Å². The molecule has 0 saturated heterocycles. The SMILES string of the molecule is COC(=O)c1ccccc1NC(=S)NC(=O)c1sc2cc(OC)ccc2c1Cl. The van der Waals surface area contributed by atoms with Crippen LogP contribution in [0.3, 0.4) is 0 Å². The average molecular weight is 435 g/mol. The summed E-state index contributed by atoms with van der Waals surface area (Å²) in [6.07, 6.45) is 0. The van der Waals surface area contributed by atoms with Gasteiger partial charge in [-0.2, -0.15) is 0 Å². The first-order valence-corrected chi connectivity index (χ1v) is 9.60. The molecule has 2 N–H and O–H groups in total. The molecule has 2 aromatic carbocycles. The minimum Gasteiger partial charge on any atom is -0.497 e. The average Bonchev–Trinajstić information content (AvgIpc) is 3.03. The third-order valence-electron chi connectivity index (χ3n) is 3.85. The maximum atomic E-state index is 12.6. The number of ether oxygens (including phenoxy) is 2. The van der Waals surface area contributed by atoms with Crippen LogP contribution < -0.4 is 15.4 Å². The largest absolute Gasteiger partial charge is 0.497 e. The van der Waals surface area contributed by atoms with Gasteiger partial charge in [0.15, 0.2) is 5.11 Å². The topological polar surface area (TPSA) is 76.7 Å². The van der Waals surface area contributed by atoms with Gasteiger partial charge in [0, 0.05) is 10.1 Å². The smallest absolute Gasteiger partial charge is 0.339 e. The molecule has 0 unspecified atom stereocenters. The lowest BCUT2D eigenvalue weighted by Crippen LogP contribution is -2.34. The van der Waals surface area contributed by atoms with Gasteiger partial charge in [-0.05, 0) is 42.5 Å². The highest BCUT2D eigenvalue weighted by molar-refractivity contribution is 7.80. The van der Waals surface area contributed by atoms with Gasteiger partial charge in [0.2, 0.25) is 0 Å². The first kappa shape index (κ1) is 20.1. The summed E-state index contributed by atoms with van der Waals surface area (Å²) in [5.41, 5.74) is 0.723. The predicted octanol–water partition coefficient (Wildman–Crippen LogP) is 4.48. The van der Waals surface area contributed by atoms with E-state index in [2.05, 4.69) is 10.6 Å². The van der Waals surface area contributed by atoms with Crippen LogP contribution in [0.4, 0.5) is 5.69 Å². The van der Waals surface area contributed by atoms with Crippen molar-refractivity contribution < 1.29 is 19.1 Å². The standard InChI is InChI=1S/C19H15ClN2O4S2/c1-25-10-7-8-12-14(9-10)28-16(15(12)20)17(23)22-19(27)21-13-6-4-3-5-11(13)18(24)26-2/h3-9H,1-2H3,(H2,21,22,23,27). The van der Waals surface area contributed by atoms with E-state index >= 15 is 0 Å². The van der Waals surface area contributed by atoms with Crippen molar-refractivity contribution in [3.63, 3.8) is 0 Å². The van der Waals surface area contributed by atoms with Gasteiger partial charge in [0.1, 0.15) is 10.6 Å². The zero-order valence-electron chi connectivity index (χ0n) is 14.9. The quantitative estimate of drug-likeness (QED) is 0.466. The zero-order chi connectivity index (χ0) is 20.3. The van der Waals surface area contributed by atoms with Gasteiger partial charge >= 0.3 is 5.97 Å². The van der Waals surface area contributed by atoms with Crippen LogP contribution in [0.25, 0.3) is 10.1 Å². The fraction of sp³-hybridized carbons (Fsp3) is 0.105. The van der Waals surface area contributed by atoms with E-state index in [0.29, 0.717) is 26.9 Å². The van der Waals surface area contributed by atoms with Gasteiger partial charge in [-0.1, -0.05) is 23.7 Å². The van der Waals surface area contributed by atoms with Gasteiger partial charge in [-0.25, -0.2) is 4.79 Å². The number of hydrogen-bond acceptors (Lipinski definition) is 6. The second-order valence-corrected chi connectivity index (χ2v) is 7.39. The van der Waals surface area contributed by atoms with Crippen LogP contribution in [0.1, 0.15) is 20.0 Å². The maximum absolute atomic E-state index is 12.6. The van der Waals surface area contributed by atoms with Gasteiger partial charge in [-0.3, -0.25) is 10.1 Å². The number of hydrogen-bond donors (Lipinski definition) is 2. The number of rotatable bonds is 4. The highest BCUT2D eigenvalue weighted by Crippen LogP contribution is 2.37. The molecule has 3 aromatic rings. The molecule has 0 aliphatic rings. The summed E-state index contributed by atoms with van der Waals surface area (Å²) in [5, 5.41) is 6.56. The molecular weight excluding hydrogens is 420 g/mol. The Morgan fingerprint density at radius 3 is 2.61 bits per heavy atom. The summed E-state index contributed by atoms with van der Waals surface area (Å²) >= 11 is 12.8. The number of nitrogens with one attached hydrogen (secondary N) is 2.